The van der Waals surface area contributed by atoms with Crippen LogP contribution in [0.1, 0.15) is 15.9 Å². The summed E-state index contributed by atoms with van der Waals surface area (Å²) in [6.45, 7) is 0. The van der Waals surface area contributed by atoms with Gasteiger partial charge in [0.25, 0.3) is 0 Å². The van der Waals surface area contributed by atoms with Crippen LogP contribution in [0.4, 0.5) is 13.2 Å². The number of halogens is 3. The molecule has 0 aliphatic carbocycles. The largest absolute Gasteiger partial charge is 0.573 e. The van der Waals surface area contributed by atoms with E-state index in [2.05, 4.69) is 4.74 Å². The van der Waals surface area contributed by atoms with Gasteiger partial charge in [-0.2, -0.15) is 0 Å². The van der Waals surface area contributed by atoms with Crippen molar-refractivity contribution in [2.75, 3.05) is 0 Å². The molecule has 0 aromatic heterocycles. The Bertz CT molecular complexity index is 629. The van der Waals surface area contributed by atoms with E-state index in [1.165, 1.54) is 36.4 Å². The number of ether oxygens (including phenoxy) is 1. The fourth-order valence-electron chi connectivity index (χ4n) is 1.65. The molecular weight excluding hydrogens is 281 g/mol. The smallest absolute Gasteiger partial charge is 0.406 e. The zero-order valence-electron chi connectivity index (χ0n) is 10.8. The van der Waals surface area contributed by atoms with E-state index in [0.29, 0.717) is 11.1 Å². The predicted molar refractivity (Wildman–Crippen MR) is 72.9 cm³/mol. The molecule has 2 rings (SSSR count). The monoisotopic (exact) mass is 292 g/mol. The maximum atomic E-state index is 12.0. The molecule has 0 amide bonds. The van der Waals surface area contributed by atoms with Crippen molar-refractivity contribution in [3.63, 3.8) is 0 Å². The summed E-state index contributed by atoms with van der Waals surface area (Å²) in [6.07, 6.45) is -1.80. The van der Waals surface area contributed by atoms with E-state index in [-0.39, 0.29) is 11.5 Å². The summed E-state index contributed by atoms with van der Waals surface area (Å²) in [5, 5.41) is 0. The minimum absolute atomic E-state index is 0.175. The second kappa shape index (κ2) is 6.26. The second-order valence-corrected chi connectivity index (χ2v) is 4.18. The van der Waals surface area contributed by atoms with Crippen LogP contribution in [-0.2, 0) is 0 Å². The van der Waals surface area contributed by atoms with Gasteiger partial charge in [-0.15, -0.1) is 13.2 Å². The van der Waals surface area contributed by atoms with Gasteiger partial charge in [0.2, 0.25) is 0 Å². The Morgan fingerprint density at radius 1 is 0.952 bits per heavy atom. The van der Waals surface area contributed by atoms with Gasteiger partial charge in [-0.1, -0.05) is 48.5 Å². The van der Waals surface area contributed by atoms with Crippen LogP contribution in [0, 0.1) is 0 Å². The minimum atomic E-state index is -4.71. The van der Waals surface area contributed by atoms with Crippen LogP contribution in [0.15, 0.2) is 60.7 Å². The van der Waals surface area contributed by atoms with Crippen LogP contribution in [0.25, 0.3) is 6.08 Å². The number of alkyl halides is 3. The van der Waals surface area contributed by atoms with Crippen molar-refractivity contribution in [2.45, 2.75) is 6.36 Å². The molecule has 0 radical (unpaired) electrons. The molecule has 0 atom stereocenters. The summed E-state index contributed by atoms with van der Waals surface area (Å²) in [5.74, 6) is -0.472. The third-order valence-electron chi connectivity index (χ3n) is 2.60. The van der Waals surface area contributed by atoms with Crippen LogP contribution >= 0.6 is 0 Å². The lowest BCUT2D eigenvalue weighted by atomic mass is 10.1. The van der Waals surface area contributed by atoms with Gasteiger partial charge in [0.1, 0.15) is 5.75 Å². The van der Waals surface area contributed by atoms with Crippen molar-refractivity contribution in [3.8, 4) is 5.75 Å². The molecule has 2 aromatic rings. The van der Waals surface area contributed by atoms with Gasteiger partial charge < -0.3 is 4.74 Å². The van der Waals surface area contributed by atoms with Gasteiger partial charge >= 0.3 is 6.36 Å². The maximum Gasteiger partial charge on any atom is 0.573 e. The summed E-state index contributed by atoms with van der Waals surface area (Å²) in [4.78, 5) is 11.8. The van der Waals surface area contributed by atoms with E-state index >= 15 is 0 Å². The number of carbonyl (C=O) groups excluding carboxylic acids is 1. The van der Waals surface area contributed by atoms with Crippen LogP contribution in [0.2, 0.25) is 0 Å². The van der Waals surface area contributed by atoms with E-state index in [9.17, 15) is 18.0 Å². The van der Waals surface area contributed by atoms with Gasteiger partial charge in [0.05, 0.1) is 0 Å². The zero-order valence-corrected chi connectivity index (χ0v) is 10.8. The first-order valence-electron chi connectivity index (χ1n) is 6.07. The van der Waals surface area contributed by atoms with Gasteiger partial charge in [-0.3, -0.25) is 4.79 Å². The Labute approximate surface area is 119 Å². The molecule has 108 valence electrons. The Hall–Kier alpha value is -2.56. The van der Waals surface area contributed by atoms with E-state index < -0.39 is 6.36 Å². The van der Waals surface area contributed by atoms with Crippen LogP contribution in [0.5, 0.6) is 5.75 Å². The lowest BCUT2D eigenvalue weighted by molar-refractivity contribution is -0.274. The summed E-state index contributed by atoms with van der Waals surface area (Å²) < 4.78 is 39.8. The number of ketones is 1. The number of rotatable bonds is 4. The van der Waals surface area contributed by atoms with Crippen molar-refractivity contribution in [2.24, 2.45) is 0 Å². The number of hydrogen-bond acceptors (Lipinski definition) is 2. The Kier molecular flexibility index (Phi) is 4.42. The second-order valence-electron chi connectivity index (χ2n) is 4.18. The normalized spacial score (nSPS) is 11.6. The number of carbonyl (C=O) groups is 1. The first kappa shape index (κ1) is 14.8. The van der Waals surface area contributed by atoms with Crippen molar-refractivity contribution in [1.82, 2.24) is 0 Å². The first-order valence-corrected chi connectivity index (χ1v) is 6.07. The molecule has 5 heteroatoms. The quantitative estimate of drug-likeness (QED) is 0.613. The number of hydrogen-bond donors (Lipinski definition) is 0. The van der Waals surface area contributed by atoms with E-state index in [1.54, 1.807) is 30.3 Å². The SMILES string of the molecule is O=C(/C=C/c1ccc(OC(F)(F)F)cc1)c1ccccc1. The molecule has 0 fully saturated rings. The molecule has 0 bridgehead atoms. The standard InChI is InChI=1S/C16H11F3O2/c17-16(18,19)21-14-9-6-12(7-10-14)8-11-15(20)13-4-2-1-3-5-13/h1-11H/b11-8+. The molecule has 2 aromatic carbocycles. The molecule has 0 saturated heterocycles. The highest BCUT2D eigenvalue weighted by atomic mass is 19.4. The van der Waals surface area contributed by atoms with Gasteiger partial charge in [0.15, 0.2) is 5.78 Å². The molecular formula is C16H11F3O2. The molecule has 0 unspecified atom stereocenters. The lowest BCUT2D eigenvalue weighted by Gasteiger charge is -2.08. The third kappa shape index (κ3) is 4.80. The molecule has 21 heavy (non-hydrogen) atoms. The molecule has 2 nitrogen and oxygen atoms in total. The molecule has 0 aliphatic heterocycles. The average molecular weight is 292 g/mol. The average Bonchev–Trinajstić information content (AvgIpc) is 2.45. The highest BCUT2D eigenvalue weighted by Crippen LogP contribution is 2.23. The fourth-order valence-corrected chi connectivity index (χ4v) is 1.65. The van der Waals surface area contributed by atoms with Crippen molar-refractivity contribution in [3.05, 3.63) is 71.8 Å². The maximum absolute atomic E-state index is 12.0. The minimum Gasteiger partial charge on any atom is -0.406 e. The molecule has 0 saturated carbocycles. The van der Waals surface area contributed by atoms with Crippen LogP contribution < -0.4 is 4.74 Å². The first-order chi connectivity index (χ1) is 9.94. The Morgan fingerprint density at radius 2 is 1.57 bits per heavy atom. The highest BCUT2D eigenvalue weighted by molar-refractivity contribution is 6.06. The predicted octanol–water partition coefficient (Wildman–Crippen LogP) is 4.48. The fraction of sp³-hybridized carbons (Fsp3) is 0.0625. The molecule has 0 spiro atoms. The molecule has 0 aliphatic rings. The topological polar surface area (TPSA) is 26.3 Å². The zero-order chi connectivity index (χ0) is 15.3. The molecule has 0 heterocycles. The number of benzene rings is 2. The lowest BCUT2D eigenvalue weighted by Crippen LogP contribution is -2.16. The van der Waals surface area contributed by atoms with Crippen molar-refractivity contribution in [1.29, 1.82) is 0 Å². The van der Waals surface area contributed by atoms with Gasteiger partial charge in [-0.25, -0.2) is 0 Å². The van der Waals surface area contributed by atoms with Crippen LogP contribution in [-0.4, -0.2) is 12.1 Å². The summed E-state index contributed by atoms with van der Waals surface area (Å²) in [5.41, 5.74) is 1.15. The highest BCUT2D eigenvalue weighted by Gasteiger charge is 2.30. The van der Waals surface area contributed by atoms with Gasteiger partial charge in [-0.05, 0) is 23.8 Å². The number of allylic oxidation sites excluding steroid dienone is 1. The summed E-state index contributed by atoms with van der Waals surface area (Å²) in [6, 6.07) is 14.0. The summed E-state index contributed by atoms with van der Waals surface area (Å²) in [7, 11) is 0. The van der Waals surface area contributed by atoms with Crippen molar-refractivity contribution < 1.29 is 22.7 Å². The van der Waals surface area contributed by atoms with Gasteiger partial charge in [0, 0.05) is 5.56 Å². The van der Waals surface area contributed by atoms with E-state index in [1.807, 2.05) is 0 Å². The van der Waals surface area contributed by atoms with E-state index in [0.717, 1.165) is 0 Å². The molecule has 0 N–H and O–H groups in total. The third-order valence-corrected chi connectivity index (χ3v) is 2.60. The van der Waals surface area contributed by atoms with E-state index in [4.69, 9.17) is 0 Å². The Balaban J connectivity index is 2.03. The summed E-state index contributed by atoms with van der Waals surface area (Å²) >= 11 is 0. The Morgan fingerprint density at radius 3 is 2.14 bits per heavy atom. The van der Waals surface area contributed by atoms with Crippen LogP contribution in [0.3, 0.4) is 0 Å². The van der Waals surface area contributed by atoms with Crippen molar-refractivity contribution >= 4 is 11.9 Å².